The van der Waals surface area contributed by atoms with E-state index < -0.39 is 17.7 Å². The van der Waals surface area contributed by atoms with E-state index >= 15 is 0 Å². The molecule has 0 radical (unpaired) electrons. The third kappa shape index (κ3) is 4.00. The molecule has 2 aromatic carbocycles. The Hall–Kier alpha value is -1.98. The Morgan fingerprint density at radius 3 is 2.52 bits per heavy atom. The monoisotopic (exact) mass is 293 g/mol. The molecule has 0 aromatic heterocycles. The van der Waals surface area contributed by atoms with Crippen LogP contribution < -0.4 is 5.32 Å². The van der Waals surface area contributed by atoms with Gasteiger partial charge in [0.1, 0.15) is 5.75 Å². The Morgan fingerprint density at radius 2 is 1.86 bits per heavy atom. The van der Waals surface area contributed by atoms with Crippen LogP contribution in [-0.4, -0.2) is 16.3 Å². The molecule has 2 rings (SSSR count). The maximum Gasteiger partial charge on any atom is 0.159 e. The summed E-state index contributed by atoms with van der Waals surface area (Å²) >= 11 is 0. The highest BCUT2D eigenvalue weighted by Gasteiger charge is 2.17. The van der Waals surface area contributed by atoms with Gasteiger partial charge in [0.2, 0.25) is 0 Å². The van der Waals surface area contributed by atoms with Crippen LogP contribution in [0.4, 0.5) is 8.78 Å². The van der Waals surface area contributed by atoms with Gasteiger partial charge in [0.15, 0.2) is 11.6 Å². The summed E-state index contributed by atoms with van der Waals surface area (Å²) in [6.45, 7) is 2.19. The van der Waals surface area contributed by atoms with Gasteiger partial charge in [-0.05, 0) is 42.3 Å². The van der Waals surface area contributed by atoms with Crippen molar-refractivity contribution in [3.63, 3.8) is 0 Å². The highest BCUT2D eigenvalue weighted by molar-refractivity contribution is 5.27. The van der Waals surface area contributed by atoms with Crippen molar-refractivity contribution in [3.8, 4) is 5.75 Å². The molecule has 2 unspecified atom stereocenters. The van der Waals surface area contributed by atoms with E-state index in [0.717, 1.165) is 17.7 Å². The Morgan fingerprint density at radius 1 is 1.10 bits per heavy atom. The summed E-state index contributed by atoms with van der Waals surface area (Å²) in [5.74, 6) is -1.75. The molecule has 0 spiro atoms. The Labute approximate surface area is 121 Å². The third-order valence-electron chi connectivity index (χ3n) is 3.30. The molecule has 0 fully saturated rings. The van der Waals surface area contributed by atoms with E-state index in [-0.39, 0.29) is 11.8 Å². The van der Waals surface area contributed by atoms with E-state index in [1.54, 1.807) is 25.1 Å². The lowest BCUT2D eigenvalue weighted by molar-refractivity contribution is 0.135. The zero-order chi connectivity index (χ0) is 15.4. The number of hydrogen-bond acceptors (Lipinski definition) is 3. The van der Waals surface area contributed by atoms with Crippen LogP contribution >= 0.6 is 0 Å². The molecule has 3 nitrogen and oxygen atoms in total. The molecule has 0 amide bonds. The summed E-state index contributed by atoms with van der Waals surface area (Å²) in [6, 6.07) is 9.73. The summed E-state index contributed by atoms with van der Waals surface area (Å²) in [7, 11) is 0. The fraction of sp³-hybridized carbons (Fsp3) is 0.250. The maximum atomic E-state index is 13.2. The van der Waals surface area contributed by atoms with E-state index in [2.05, 4.69) is 5.32 Å². The van der Waals surface area contributed by atoms with E-state index in [9.17, 15) is 19.0 Å². The quantitative estimate of drug-likeness (QED) is 0.794. The second kappa shape index (κ2) is 6.65. The third-order valence-corrected chi connectivity index (χ3v) is 3.30. The number of nitrogens with one attached hydrogen (secondary N) is 1. The first-order chi connectivity index (χ1) is 9.97. The molecule has 2 atom stereocenters. The summed E-state index contributed by atoms with van der Waals surface area (Å²) in [6.07, 6.45) is -0.961. The van der Waals surface area contributed by atoms with Crippen LogP contribution in [0.25, 0.3) is 0 Å². The van der Waals surface area contributed by atoms with Gasteiger partial charge in [-0.15, -0.1) is 0 Å². The predicted octanol–water partition coefficient (Wildman–Crippen LogP) is 2.88. The van der Waals surface area contributed by atoms with Gasteiger partial charge in [0.05, 0.1) is 6.10 Å². The minimum absolute atomic E-state index is 0.170. The molecule has 2 aromatic rings. The van der Waals surface area contributed by atoms with E-state index in [1.807, 2.05) is 6.07 Å². The first-order valence-corrected chi connectivity index (χ1v) is 6.61. The normalized spacial score (nSPS) is 13.9. The van der Waals surface area contributed by atoms with Gasteiger partial charge in [-0.25, -0.2) is 8.78 Å². The van der Waals surface area contributed by atoms with Gasteiger partial charge >= 0.3 is 0 Å². The number of phenols is 1. The number of benzene rings is 2. The average molecular weight is 293 g/mol. The molecule has 0 heterocycles. The van der Waals surface area contributed by atoms with Crippen molar-refractivity contribution >= 4 is 0 Å². The number of aliphatic hydroxyl groups is 1. The minimum atomic E-state index is -0.980. The highest BCUT2D eigenvalue weighted by Crippen LogP contribution is 2.20. The van der Waals surface area contributed by atoms with E-state index in [1.165, 1.54) is 6.07 Å². The molecule has 5 heteroatoms. The molecular formula is C16H17F2NO2. The molecule has 21 heavy (non-hydrogen) atoms. The lowest BCUT2D eigenvalue weighted by atomic mass is 10.0. The van der Waals surface area contributed by atoms with Crippen molar-refractivity contribution in [1.82, 2.24) is 5.32 Å². The second-order valence-electron chi connectivity index (χ2n) is 4.96. The lowest BCUT2D eigenvalue weighted by Crippen LogP contribution is -2.31. The topological polar surface area (TPSA) is 52.5 Å². The molecule has 0 bridgehead atoms. The van der Waals surface area contributed by atoms with Gasteiger partial charge in [0, 0.05) is 12.6 Å². The number of hydrogen-bond donors (Lipinski definition) is 3. The molecule has 0 aliphatic carbocycles. The number of rotatable bonds is 5. The average Bonchev–Trinajstić information content (AvgIpc) is 2.47. The fourth-order valence-electron chi connectivity index (χ4n) is 2.04. The zero-order valence-electron chi connectivity index (χ0n) is 11.6. The van der Waals surface area contributed by atoms with Crippen molar-refractivity contribution in [2.24, 2.45) is 0 Å². The molecule has 0 aliphatic heterocycles. The Balaban J connectivity index is 1.99. The van der Waals surface area contributed by atoms with Crippen molar-refractivity contribution in [1.29, 1.82) is 0 Å². The van der Waals surface area contributed by atoms with Gasteiger partial charge in [-0.1, -0.05) is 18.2 Å². The largest absolute Gasteiger partial charge is 0.508 e. The van der Waals surface area contributed by atoms with Crippen LogP contribution in [0.1, 0.15) is 24.2 Å². The minimum Gasteiger partial charge on any atom is -0.508 e. The number of aliphatic hydroxyl groups excluding tert-OH is 1. The SMILES string of the molecule is CC(NCc1cccc(O)c1)C(O)c1ccc(F)c(F)c1. The van der Waals surface area contributed by atoms with Gasteiger partial charge in [-0.2, -0.15) is 0 Å². The van der Waals surface area contributed by atoms with Crippen LogP contribution in [0.5, 0.6) is 5.75 Å². The molecule has 112 valence electrons. The molecule has 3 N–H and O–H groups in total. The smallest absolute Gasteiger partial charge is 0.159 e. The standard InChI is InChI=1S/C16H17F2NO2/c1-10(19-9-11-3-2-4-13(20)7-11)16(21)12-5-6-14(17)15(18)8-12/h2-8,10,16,19-21H,9H2,1H3. The van der Waals surface area contributed by atoms with Crippen molar-refractivity contribution in [2.45, 2.75) is 25.6 Å². The van der Waals surface area contributed by atoms with Crippen molar-refractivity contribution in [2.75, 3.05) is 0 Å². The van der Waals surface area contributed by atoms with Crippen LogP contribution in [0.2, 0.25) is 0 Å². The molecule has 0 saturated carbocycles. The van der Waals surface area contributed by atoms with Gasteiger partial charge < -0.3 is 15.5 Å². The molecule has 0 saturated heterocycles. The van der Waals surface area contributed by atoms with E-state index in [0.29, 0.717) is 12.1 Å². The van der Waals surface area contributed by atoms with Crippen molar-refractivity contribution < 1.29 is 19.0 Å². The van der Waals surface area contributed by atoms with E-state index in [4.69, 9.17) is 0 Å². The predicted molar refractivity (Wildman–Crippen MR) is 75.7 cm³/mol. The Bertz CT molecular complexity index is 619. The maximum absolute atomic E-state index is 13.2. The van der Waals surface area contributed by atoms with Crippen LogP contribution in [0.15, 0.2) is 42.5 Å². The van der Waals surface area contributed by atoms with Crippen LogP contribution in [0, 0.1) is 11.6 Å². The number of aromatic hydroxyl groups is 1. The molecular weight excluding hydrogens is 276 g/mol. The summed E-state index contributed by atoms with van der Waals surface area (Å²) in [5, 5.41) is 22.6. The van der Waals surface area contributed by atoms with Gasteiger partial charge in [0.25, 0.3) is 0 Å². The van der Waals surface area contributed by atoms with Gasteiger partial charge in [-0.3, -0.25) is 0 Å². The zero-order valence-corrected chi connectivity index (χ0v) is 11.6. The van der Waals surface area contributed by atoms with Crippen LogP contribution in [-0.2, 0) is 6.54 Å². The van der Waals surface area contributed by atoms with Crippen LogP contribution in [0.3, 0.4) is 0 Å². The van der Waals surface area contributed by atoms with Crippen molar-refractivity contribution in [3.05, 3.63) is 65.2 Å². The first-order valence-electron chi connectivity index (χ1n) is 6.61. The fourth-order valence-corrected chi connectivity index (χ4v) is 2.04. The second-order valence-corrected chi connectivity index (χ2v) is 4.96. The summed E-state index contributed by atoms with van der Waals surface area (Å²) in [4.78, 5) is 0. The highest BCUT2D eigenvalue weighted by atomic mass is 19.2. The Kier molecular flexibility index (Phi) is 4.88. The lowest BCUT2D eigenvalue weighted by Gasteiger charge is -2.21. The number of halogens is 2. The number of phenolic OH excluding ortho intramolecular Hbond substituents is 1. The summed E-state index contributed by atoms with van der Waals surface area (Å²) in [5.41, 5.74) is 1.17. The first kappa shape index (κ1) is 15.4. The molecule has 0 aliphatic rings. The summed E-state index contributed by atoms with van der Waals surface area (Å²) < 4.78 is 26.0.